The molecule has 1 aromatic rings. The zero-order valence-corrected chi connectivity index (χ0v) is 12.3. The molecule has 18 heavy (non-hydrogen) atoms. The normalized spacial score (nSPS) is 11.1. The highest BCUT2D eigenvalue weighted by Crippen LogP contribution is 2.08. The molecule has 0 aliphatic rings. The Morgan fingerprint density at radius 2 is 1.83 bits per heavy atom. The Morgan fingerprint density at radius 3 is 2.50 bits per heavy atom. The van der Waals surface area contributed by atoms with E-state index in [1.54, 1.807) is 0 Å². The van der Waals surface area contributed by atoms with Gasteiger partial charge in [-0.25, -0.2) is 0 Å². The largest absolute Gasteiger partial charge is 0.330 e. The minimum atomic E-state index is 0.787. The van der Waals surface area contributed by atoms with Crippen LogP contribution in [0.5, 0.6) is 0 Å². The third-order valence-corrected chi connectivity index (χ3v) is 3.88. The maximum Gasteiger partial charge on any atom is 0.0233 e. The molecule has 0 heterocycles. The van der Waals surface area contributed by atoms with Gasteiger partial charge in [0.2, 0.25) is 0 Å². The monoisotopic (exact) mass is 266 g/mol. The summed E-state index contributed by atoms with van der Waals surface area (Å²) in [6, 6.07) is 10.7. The number of benzene rings is 1. The van der Waals surface area contributed by atoms with Crippen molar-refractivity contribution >= 4 is 11.8 Å². The van der Waals surface area contributed by atoms with Crippen molar-refractivity contribution in [3.05, 3.63) is 35.9 Å². The first-order valence-corrected chi connectivity index (χ1v) is 8.06. The highest BCUT2D eigenvalue weighted by molar-refractivity contribution is 7.99. The minimum absolute atomic E-state index is 0.787. The Kier molecular flexibility index (Phi) is 9.00. The number of nitrogens with zero attached hydrogens (tertiary/aromatic N) is 1. The lowest BCUT2D eigenvalue weighted by atomic mass is 10.2. The van der Waals surface area contributed by atoms with Crippen LogP contribution in [0.25, 0.3) is 0 Å². The van der Waals surface area contributed by atoms with E-state index in [2.05, 4.69) is 42.2 Å². The van der Waals surface area contributed by atoms with Crippen LogP contribution in [-0.2, 0) is 6.54 Å². The highest BCUT2D eigenvalue weighted by Gasteiger charge is 2.05. The quantitative estimate of drug-likeness (QED) is 0.660. The summed E-state index contributed by atoms with van der Waals surface area (Å²) in [7, 11) is 0. The smallest absolute Gasteiger partial charge is 0.0233 e. The van der Waals surface area contributed by atoms with Crippen LogP contribution >= 0.6 is 11.8 Å². The predicted octanol–water partition coefficient (Wildman–Crippen LogP) is 2.98. The Morgan fingerprint density at radius 1 is 1.11 bits per heavy atom. The van der Waals surface area contributed by atoms with Crippen molar-refractivity contribution in [2.45, 2.75) is 26.3 Å². The number of hydrogen-bond acceptors (Lipinski definition) is 3. The molecule has 3 heteroatoms. The molecule has 1 rings (SSSR count). The van der Waals surface area contributed by atoms with Gasteiger partial charge in [0.05, 0.1) is 0 Å². The summed E-state index contributed by atoms with van der Waals surface area (Å²) in [5, 5.41) is 0. The molecule has 0 spiro atoms. The molecule has 102 valence electrons. The fraction of sp³-hybridized carbons (Fsp3) is 0.600. The van der Waals surface area contributed by atoms with E-state index >= 15 is 0 Å². The predicted molar refractivity (Wildman–Crippen MR) is 83.0 cm³/mol. The molecule has 2 nitrogen and oxygen atoms in total. The van der Waals surface area contributed by atoms with Crippen LogP contribution in [0.4, 0.5) is 0 Å². The summed E-state index contributed by atoms with van der Waals surface area (Å²) in [6.45, 7) is 6.36. The molecule has 0 fully saturated rings. The molecule has 0 unspecified atom stereocenters. The Balaban J connectivity index is 2.35. The average Bonchev–Trinajstić information content (AvgIpc) is 2.41. The molecule has 0 aromatic heterocycles. The standard InChI is InChI=1S/C15H26N2S/c1-2-18-13-7-12-17(11-6-10-16)14-15-8-4-3-5-9-15/h3-5,8-9H,2,6-7,10-14,16H2,1H3. The van der Waals surface area contributed by atoms with Gasteiger partial charge in [-0.15, -0.1) is 0 Å². The van der Waals surface area contributed by atoms with E-state index in [4.69, 9.17) is 5.73 Å². The maximum atomic E-state index is 5.62. The van der Waals surface area contributed by atoms with Gasteiger partial charge < -0.3 is 5.73 Å². The molecule has 2 N–H and O–H groups in total. The van der Waals surface area contributed by atoms with Gasteiger partial charge in [0.1, 0.15) is 0 Å². The second kappa shape index (κ2) is 10.4. The third-order valence-electron chi connectivity index (χ3n) is 2.89. The van der Waals surface area contributed by atoms with E-state index < -0.39 is 0 Å². The lowest BCUT2D eigenvalue weighted by Crippen LogP contribution is -2.27. The first-order valence-electron chi connectivity index (χ1n) is 6.91. The first kappa shape index (κ1) is 15.5. The van der Waals surface area contributed by atoms with Gasteiger partial charge in [-0.3, -0.25) is 4.90 Å². The van der Waals surface area contributed by atoms with Gasteiger partial charge in [0.15, 0.2) is 0 Å². The van der Waals surface area contributed by atoms with Gasteiger partial charge in [-0.1, -0.05) is 37.3 Å². The molecule has 0 aliphatic heterocycles. The van der Waals surface area contributed by atoms with Crippen LogP contribution in [0, 0.1) is 0 Å². The number of rotatable bonds is 10. The van der Waals surface area contributed by atoms with Crippen LogP contribution in [0.1, 0.15) is 25.3 Å². The molecule has 0 saturated carbocycles. The fourth-order valence-corrected chi connectivity index (χ4v) is 2.58. The van der Waals surface area contributed by atoms with E-state index in [9.17, 15) is 0 Å². The lowest BCUT2D eigenvalue weighted by molar-refractivity contribution is 0.265. The van der Waals surface area contributed by atoms with E-state index in [-0.39, 0.29) is 0 Å². The van der Waals surface area contributed by atoms with Gasteiger partial charge >= 0.3 is 0 Å². The zero-order chi connectivity index (χ0) is 13.1. The van der Waals surface area contributed by atoms with Crippen molar-refractivity contribution in [3.63, 3.8) is 0 Å². The van der Waals surface area contributed by atoms with Crippen molar-refractivity contribution in [3.8, 4) is 0 Å². The van der Waals surface area contributed by atoms with Crippen LogP contribution in [0.2, 0.25) is 0 Å². The molecule has 0 amide bonds. The van der Waals surface area contributed by atoms with Crippen LogP contribution in [0.3, 0.4) is 0 Å². The number of nitrogens with two attached hydrogens (primary N) is 1. The number of thioether (sulfide) groups is 1. The minimum Gasteiger partial charge on any atom is -0.330 e. The summed E-state index contributed by atoms with van der Waals surface area (Å²) in [5.74, 6) is 2.49. The van der Waals surface area contributed by atoms with Crippen molar-refractivity contribution < 1.29 is 0 Å². The first-order chi connectivity index (χ1) is 8.86. The SMILES string of the molecule is CCSCCCN(CCCN)Cc1ccccc1. The Bertz CT molecular complexity index is 290. The van der Waals surface area contributed by atoms with Crippen molar-refractivity contribution in [2.75, 3.05) is 31.1 Å². The zero-order valence-electron chi connectivity index (χ0n) is 11.5. The van der Waals surface area contributed by atoms with E-state index in [1.165, 1.54) is 30.0 Å². The van der Waals surface area contributed by atoms with Gasteiger partial charge in [-0.2, -0.15) is 11.8 Å². The van der Waals surface area contributed by atoms with Crippen molar-refractivity contribution in [2.24, 2.45) is 5.73 Å². The summed E-state index contributed by atoms with van der Waals surface area (Å²) < 4.78 is 0. The Hall–Kier alpha value is -0.510. The van der Waals surface area contributed by atoms with Crippen LogP contribution in [0.15, 0.2) is 30.3 Å². The second-order valence-corrected chi connectivity index (χ2v) is 5.85. The summed E-state index contributed by atoms with van der Waals surface area (Å²) in [5.41, 5.74) is 7.02. The molecular formula is C15H26N2S. The van der Waals surface area contributed by atoms with E-state index in [1.807, 2.05) is 11.8 Å². The third kappa shape index (κ3) is 7.04. The molecular weight excluding hydrogens is 240 g/mol. The van der Waals surface area contributed by atoms with E-state index in [0.717, 1.165) is 26.1 Å². The molecule has 1 aromatic carbocycles. The maximum absolute atomic E-state index is 5.62. The summed E-state index contributed by atoms with van der Waals surface area (Å²) in [6.07, 6.45) is 2.36. The second-order valence-electron chi connectivity index (χ2n) is 4.45. The summed E-state index contributed by atoms with van der Waals surface area (Å²) >= 11 is 2.03. The summed E-state index contributed by atoms with van der Waals surface area (Å²) in [4.78, 5) is 2.53. The van der Waals surface area contributed by atoms with Gasteiger partial charge in [0.25, 0.3) is 0 Å². The molecule has 0 bridgehead atoms. The van der Waals surface area contributed by atoms with E-state index in [0.29, 0.717) is 0 Å². The molecule has 0 saturated heterocycles. The van der Waals surface area contributed by atoms with Crippen LogP contribution in [-0.4, -0.2) is 36.0 Å². The van der Waals surface area contributed by atoms with Crippen LogP contribution < -0.4 is 5.73 Å². The van der Waals surface area contributed by atoms with Crippen molar-refractivity contribution in [1.82, 2.24) is 4.90 Å². The molecule has 0 atom stereocenters. The average molecular weight is 266 g/mol. The van der Waals surface area contributed by atoms with Crippen molar-refractivity contribution in [1.29, 1.82) is 0 Å². The highest BCUT2D eigenvalue weighted by atomic mass is 32.2. The number of hydrogen-bond donors (Lipinski definition) is 1. The van der Waals surface area contributed by atoms with Gasteiger partial charge in [-0.05, 0) is 49.5 Å². The van der Waals surface area contributed by atoms with Gasteiger partial charge in [0, 0.05) is 6.54 Å². The lowest BCUT2D eigenvalue weighted by Gasteiger charge is -2.22. The fourth-order valence-electron chi connectivity index (χ4n) is 1.96. The molecule has 0 aliphatic carbocycles. The topological polar surface area (TPSA) is 29.3 Å². The Labute approximate surface area is 116 Å². The molecule has 0 radical (unpaired) electrons.